The molecule has 0 saturated heterocycles. The van der Waals surface area contributed by atoms with Crippen LogP contribution in [0.2, 0.25) is 0 Å². The fraction of sp³-hybridized carbons (Fsp3) is 0.333. The summed E-state index contributed by atoms with van der Waals surface area (Å²) in [6.07, 6.45) is 0. The summed E-state index contributed by atoms with van der Waals surface area (Å²) in [6, 6.07) is 6.08. The second-order valence-electron chi connectivity index (χ2n) is 4.32. The third kappa shape index (κ3) is 3.05. The van der Waals surface area contributed by atoms with E-state index in [0.29, 0.717) is 5.16 Å². The van der Waals surface area contributed by atoms with Crippen LogP contribution >= 0.6 is 11.8 Å². The van der Waals surface area contributed by atoms with Crippen LogP contribution in [0.5, 0.6) is 0 Å². The Morgan fingerprint density at radius 2 is 2.26 bits per heavy atom. The molecule has 0 amide bonds. The standard InChI is InChI=1S/C12H15FN4OS/c1-7(14)10(8-4-3-5-9(13)6-8)19-12-16-15-11(18)17(12)2/h3-7,10H,14H2,1-2H3,(H,15,18). The molecule has 0 aliphatic rings. The van der Waals surface area contributed by atoms with Gasteiger partial charge in [0.15, 0.2) is 5.16 Å². The third-order valence-electron chi connectivity index (χ3n) is 2.73. The number of rotatable bonds is 4. The van der Waals surface area contributed by atoms with Crippen molar-refractivity contribution in [3.63, 3.8) is 0 Å². The fourth-order valence-electron chi connectivity index (χ4n) is 1.71. The highest BCUT2D eigenvalue weighted by Crippen LogP contribution is 2.35. The molecule has 102 valence electrons. The zero-order chi connectivity index (χ0) is 14.0. The summed E-state index contributed by atoms with van der Waals surface area (Å²) < 4.78 is 14.7. The van der Waals surface area contributed by atoms with Crippen molar-refractivity contribution in [2.24, 2.45) is 12.8 Å². The van der Waals surface area contributed by atoms with E-state index in [0.717, 1.165) is 5.56 Å². The lowest BCUT2D eigenvalue weighted by Crippen LogP contribution is -2.23. The predicted octanol–water partition coefficient (Wildman–Crippen LogP) is 1.43. The number of H-pyrrole nitrogens is 1. The van der Waals surface area contributed by atoms with E-state index in [2.05, 4.69) is 10.2 Å². The number of aromatic amines is 1. The smallest absolute Gasteiger partial charge is 0.327 e. The summed E-state index contributed by atoms with van der Waals surface area (Å²) in [6.45, 7) is 1.84. The molecular formula is C12H15FN4OS. The normalized spacial score (nSPS) is 14.3. The van der Waals surface area contributed by atoms with Crippen LogP contribution in [0.3, 0.4) is 0 Å². The van der Waals surface area contributed by atoms with Crippen LogP contribution < -0.4 is 11.4 Å². The number of aromatic nitrogens is 3. The van der Waals surface area contributed by atoms with Gasteiger partial charge in [-0.15, -0.1) is 5.10 Å². The SMILES string of the molecule is CC(N)C(Sc1n[nH]c(=O)n1C)c1cccc(F)c1. The number of hydrogen-bond donors (Lipinski definition) is 2. The first-order chi connectivity index (χ1) is 8.99. The van der Waals surface area contributed by atoms with Crippen LogP contribution in [0, 0.1) is 5.82 Å². The third-order valence-corrected chi connectivity index (χ3v) is 4.26. The lowest BCUT2D eigenvalue weighted by molar-refractivity contribution is 0.621. The van der Waals surface area contributed by atoms with Gasteiger partial charge in [0.05, 0.1) is 5.25 Å². The number of benzene rings is 1. The molecule has 0 aliphatic heterocycles. The summed E-state index contributed by atoms with van der Waals surface area (Å²) in [4.78, 5) is 11.3. The van der Waals surface area contributed by atoms with E-state index in [-0.39, 0.29) is 22.8 Å². The molecule has 7 heteroatoms. The summed E-state index contributed by atoms with van der Waals surface area (Å²) in [5.74, 6) is -0.306. The van der Waals surface area contributed by atoms with E-state index in [4.69, 9.17) is 5.73 Å². The number of halogens is 1. The molecule has 2 atom stereocenters. The number of nitrogens with two attached hydrogens (primary N) is 1. The molecule has 0 bridgehead atoms. The molecule has 2 rings (SSSR count). The highest BCUT2D eigenvalue weighted by atomic mass is 32.2. The molecule has 0 aliphatic carbocycles. The van der Waals surface area contributed by atoms with Crippen LogP contribution in [0.1, 0.15) is 17.7 Å². The minimum atomic E-state index is -0.306. The Bertz CT molecular complexity index is 622. The zero-order valence-electron chi connectivity index (χ0n) is 10.6. The van der Waals surface area contributed by atoms with Crippen LogP contribution in [0.15, 0.2) is 34.2 Å². The Labute approximate surface area is 114 Å². The highest BCUT2D eigenvalue weighted by Gasteiger charge is 2.21. The van der Waals surface area contributed by atoms with Crippen molar-refractivity contribution in [3.8, 4) is 0 Å². The van der Waals surface area contributed by atoms with E-state index in [1.165, 1.54) is 28.5 Å². The van der Waals surface area contributed by atoms with Crippen molar-refractivity contribution < 1.29 is 4.39 Å². The number of nitrogens with one attached hydrogen (secondary N) is 1. The molecule has 0 saturated carbocycles. The molecule has 0 fully saturated rings. The second-order valence-corrected chi connectivity index (χ2v) is 5.43. The second kappa shape index (κ2) is 5.58. The molecule has 5 nitrogen and oxygen atoms in total. The average molecular weight is 282 g/mol. The molecule has 1 heterocycles. The lowest BCUT2D eigenvalue weighted by atomic mass is 10.1. The van der Waals surface area contributed by atoms with Gasteiger partial charge < -0.3 is 5.73 Å². The van der Waals surface area contributed by atoms with Crippen molar-refractivity contribution in [1.29, 1.82) is 0 Å². The van der Waals surface area contributed by atoms with Gasteiger partial charge >= 0.3 is 5.69 Å². The van der Waals surface area contributed by atoms with E-state index in [1.807, 2.05) is 13.0 Å². The highest BCUT2D eigenvalue weighted by molar-refractivity contribution is 7.99. The Balaban J connectivity index is 2.31. The van der Waals surface area contributed by atoms with Crippen molar-refractivity contribution in [2.45, 2.75) is 23.4 Å². The maximum absolute atomic E-state index is 13.3. The van der Waals surface area contributed by atoms with Gasteiger partial charge in [0.2, 0.25) is 0 Å². The Morgan fingerprint density at radius 3 is 2.79 bits per heavy atom. The molecule has 1 aromatic heterocycles. The molecule has 19 heavy (non-hydrogen) atoms. The van der Waals surface area contributed by atoms with Gasteiger partial charge in [-0.3, -0.25) is 4.57 Å². The van der Waals surface area contributed by atoms with Gasteiger partial charge in [0, 0.05) is 13.1 Å². The Kier molecular flexibility index (Phi) is 4.06. The first kappa shape index (κ1) is 13.8. The van der Waals surface area contributed by atoms with Gasteiger partial charge in [-0.1, -0.05) is 23.9 Å². The maximum atomic E-state index is 13.3. The van der Waals surface area contributed by atoms with Crippen molar-refractivity contribution >= 4 is 11.8 Å². The lowest BCUT2D eigenvalue weighted by Gasteiger charge is -2.19. The van der Waals surface area contributed by atoms with E-state index in [1.54, 1.807) is 13.1 Å². The van der Waals surface area contributed by atoms with Crippen LogP contribution in [-0.2, 0) is 7.05 Å². The van der Waals surface area contributed by atoms with Crippen molar-refractivity contribution in [2.75, 3.05) is 0 Å². The van der Waals surface area contributed by atoms with Crippen LogP contribution in [0.4, 0.5) is 4.39 Å². The summed E-state index contributed by atoms with van der Waals surface area (Å²) in [5.41, 5.74) is 6.44. The molecule has 0 spiro atoms. The quantitative estimate of drug-likeness (QED) is 0.832. The molecule has 1 aromatic carbocycles. The van der Waals surface area contributed by atoms with E-state index < -0.39 is 0 Å². The van der Waals surface area contributed by atoms with Crippen molar-refractivity contribution in [3.05, 3.63) is 46.1 Å². The predicted molar refractivity (Wildman–Crippen MR) is 72.5 cm³/mol. The number of hydrogen-bond acceptors (Lipinski definition) is 4. The van der Waals surface area contributed by atoms with Gasteiger partial charge in [-0.2, -0.15) is 0 Å². The summed E-state index contributed by atoms with van der Waals surface area (Å²) in [7, 11) is 1.62. The van der Waals surface area contributed by atoms with Crippen LogP contribution in [0.25, 0.3) is 0 Å². The Morgan fingerprint density at radius 1 is 1.53 bits per heavy atom. The molecule has 2 aromatic rings. The number of nitrogens with zero attached hydrogens (tertiary/aromatic N) is 2. The molecule has 3 N–H and O–H groups in total. The first-order valence-corrected chi connectivity index (χ1v) is 6.66. The topological polar surface area (TPSA) is 76.7 Å². The van der Waals surface area contributed by atoms with Gasteiger partial charge in [0.1, 0.15) is 5.82 Å². The zero-order valence-corrected chi connectivity index (χ0v) is 11.4. The summed E-state index contributed by atoms with van der Waals surface area (Å²) >= 11 is 1.33. The van der Waals surface area contributed by atoms with Gasteiger partial charge in [0.25, 0.3) is 0 Å². The molecule has 2 unspecified atom stereocenters. The maximum Gasteiger partial charge on any atom is 0.343 e. The van der Waals surface area contributed by atoms with Crippen molar-refractivity contribution in [1.82, 2.24) is 14.8 Å². The minimum Gasteiger partial charge on any atom is -0.327 e. The Hall–Kier alpha value is -1.60. The van der Waals surface area contributed by atoms with Gasteiger partial charge in [-0.05, 0) is 24.6 Å². The summed E-state index contributed by atoms with van der Waals surface area (Å²) in [5, 5.41) is 6.64. The first-order valence-electron chi connectivity index (χ1n) is 5.78. The fourth-order valence-corrected chi connectivity index (χ4v) is 2.78. The monoisotopic (exact) mass is 282 g/mol. The molecular weight excluding hydrogens is 267 g/mol. The minimum absolute atomic E-state index is 0.176. The van der Waals surface area contributed by atoms with E-state index in [9.17, 15) is 9.18 Å². The van der Waals surface area contributed by atoms with E-state index >= 15 is 0 Å². The number of thioether (sulfide) groups is 1. The average Bonchev–Trinajstić information content (AvgIpc) is 2.67. The van der Waals surface area contributed by atoms with Crippen LogP contribution in [-0.4, -0.2) is 20.8 Å². The largest absolute Gasteiger partial charge is 0.343 e. The molecule has 0 radical (unpaired) electrons. The van der Waals surface area contributed by atoms with Gasteiger partial charge in [-0.25, -0.2) is 14.3 Å².